The Morgan fingerprint density at radius 1 is 1.35 bits per heavy atom. The lowest BCUT2D eigenvalue weighted by atomic mass is 10.3. The van der Waals surface area contributed by atoms with E-state index >= 15 is 0 Å². The molecule has 0 bridgehead atoms. The molecule has 2 rings (SSSR count). The topological polar surface area (TPSA) is 41.1 Å². The predicted molar refractivity (Wildman–Crippen MR) is 70.0 cm³/mol. The number of nitrogens with zero attached hydrogens (tertiary/aromatic N) is 3. The van der Waals surface area contributed by atoms with Crippen molar-refractivity contribution in [2.45, 2.75) is 39.3 Å². The van der Waals surface area contributed by atoms with E-state index in [0.29, 0.717) is 6.04 Å². The largest absolute Gasteiger partial charge is 0.344 e. The molecule has 0 aromatic carbocycles. The molecule has 1 aromatic heterocycles. The fraction of sp³-hybridized carbons (Fsp3) is 0.692. The highest BCUT2D eigenvalue weighted by atomic mass is 15.2. The molecule has 0 atom stereocenters. The summed E-state index contributed by atoms with van der Waals surface area (Å²) in [6.45, 7) is 6.20. The van der Waals surface area contributed by atoms with Crippen LogP contribution in [0.1, 0.15) is 32.3 Å². The summed E-state index contributed by atoms with van der Waals surface area (Å²) in [6, 6.07) is 0.493. The van der Waals surface area contributed by atoms with Crippen molar-refractivity contribution >= 4 is 5.95 Å². The van der Waals surface area contributed by atoms with Crippen molar-refractivity contribution in [3.05, 3.63) is 18.0 Å². The first-order valence-corrected chi connectivity index (χ1v) is 6.40. The van der Waals surface area contributed by atoms with Crippen LogP contribution in [0.15, 0.2) is 12.4 Å². The summed E-state index contributed by atoms with van der Waals surface area (Å²) in [5.41, 5.74) is 1.14. The second-order valence-electron chi connectivity index (χ2n) is 5.25. The first kappa shape index (κ1) is 12.3. The molecule has 0 unspecified atom stereocenters. The third kappa shape index (κ3) is 3.97. The molecule has 1 aromatic rings. The minimum atomic E-state index is 0.493. The second kappa shape index (κ2) is 5.45. The van der Waals surface area contributed by atoms with Gasteiger partial charge in [0.1, 0.15) is 0 Å². The lowest BCUT2D eigenvalue weighted by Crippen LogP contribution is -2.24. The monoisotopic (exact) mass is 234 g/mol. The van der Waals surface area contributed by atoms with Gasteiger partial charge in [-0.3, -0.25) is 0 Å². The fourth-order valence-corrected chi connectivity index (χ4v) is 1.73. The van der Waals surface area contributed by atoms with Crippen molar-refractivity contribution in [3.63, 3.8) is 0 Å². The van der Waals surface area contributed by atoms with Crippen LogP contribution in [0.25, 0.3) is 0 Å². The maximum absolute atomic E-state index is 4.41. The molecule has 4 nitrogen and oxygen atoms in total. The zero-order chi connectivity index (χ0) is 12.3. The zero-order valence-corrected chi connectivity index (χ0v) is 11.0. The van der Waals surface area contributed by atoms with Crippen molar-refractivity contribution < 1.29 is 0 Å². The van der Waals surface area contributed by atoms with Gasteiger partial charge >= 0.3 is 0 Å². The molecular formula is C13H22N4. The van der Waals surface area contributed by atoms with E-state index in [0.717, 1.165) is 30.5 Å². The van der Waals surface area contributed by atoms with E-state index in [1.807, 2.05) is 12.4 Å². The van der Waals surface area contributed by atoms with Gasteiger partial charge in [-0.05, 0) is 18.8 Å². The number of hydrogen-bond acceptors (Lipinski definition) is 4. The van der Waals surface area contributed by atoms with E-state index in [-0.39, 0.29) is 0 Å². The Bertz CT molecular complexity index is 343. The number of nitrogens with one attached hydrogen (secondary N) is 1. The molecule has 0 radical (unpaired) electrons. The maximum atomic E-state index is 4.41. The molecule has 1 aliphatic carbocycles. The molecule has 1 N–H and O–H groups in total. The van der Waals surface area contributed by atoms with E-state index in [2.05, 4.69) is 41.1 Å². The first-order valence-electron chi connectivity index (χ1n) is 6.40. The SMILES string of the molecule is CC(C)NCc1cnc(N(C)CC2CC2)nc1. The van der Waals surface area contributed by atoms with Gasteiger partial charge in [0.2, 0.25) is 5.95 Å². The van der Waals surface area contributed by atoms with Gasteiger partial charge in [0.25, 0.3) is 0 Å². The summed E-state index contributed by atoms with van der Waals surface area (Å²) in [5.74, 6) is 1.70. The van der Waals surface area contributed by atoms with Crippen LogP contribution in [-0.2, 0) is 6.54 Å². The van der Waals surface area contributed by atoms with Crippen molar-refractivity contribution in [1.82, 2.24) is 15.3 Å². The van der Waals surface area contributed by atoms with Crippen LogP contribution < -0.4 is 10.2 Å². The predicted octanol–water partition coefficient (Wildman–Crippen LogP) is 1.82. The fourth-order valence-electron chi connectivity index (χ4n) is 1.73. The molecule has 0 saturated heterocycles. The van der Waals surface area contributed by atoms with Crippen molar-refractivity contribution in [1.29, 1.82) is 0 Å². The van der Waals surface area contributed by atoms with E-state index in [1.54, 1.807) is 0 Å². The van der Waals surface area contributed by atoms with Gasteiger partial charge in [-0.25, -0.2) is 9.97 Å². The van der Waals surface area contributed by atoms with Gasteiger partial charge < -0.3 is 10.2 Å². The molecule has 4 heteroatoms. The zero-order valence-electron chi connectivity index (χ0n) is 11.0. The molecule has 1 saturated carbocycles. The van der Waals surface area contributed by atoms with E-state index in [4.69, 9.17) is 0 Å². The molecule has 0 aliphatic heterocycles. The van der Waals surface area contributed by atoms with Crippen molar-refractivity contribution in [2.24, 2.45) is 5.92 Å². The molecular weight excluding hydrogens is 212 g/mol. The molecule has 0 spiro atoms. The summed E-state index contributed by atoms with van der Waals surface area (Å²) in [7, 11) is 2.07. The van der Waals surface area contributed by atoms with E-state index < -0.39 is 0 Å². The lowest BCUT2D eigenvalue weighted by molar-refractivity contribution is 0.586. The first-order chi connectivity index (χ1) is 8.15. The van der Waals surface area contributed by atoms with Gasteiger partial charge in [0.05, 0.1) is 0 Å². The standard InChI is InChI=1S/C13H22N4/c1-10(2)14-6-12-7-15-13(16-8-12)17(3)9-11-4-5-11/h7-8,10-11,14H,4-6,9H2,1-3H3. The Kier molecular flexibility index (Phi) is 3.94. The highest BCUT2D eigenvalue weighted by Gasteiger charge is 2.23. The molecule has 1 aliphatic rings. The van der Waals surface area contributed by atoms with Crippen LogP contribution >= 0.6 is 0 Å². The minimum Gasteiger partial charge on any atom is -0.344 e. The highest BCUT2D eigenvalue weighted by molar-refractivity contribution is 5.28. The van der Waals surface area contributed by atoms with Crippen LogP contribution in [0, 0.1) is 5.92 Å². The molecule has 1 heterocycles. The molecule has 0 amide bonds. The smallest absolute Gasteiger partial charge is 0.225 e. The van der Waals surface area contributed by atoms with Gasteiger partial charge in [-0.2, -0.15) is 0 Å². The lowest BCUT2D eigenvalue weighted by Gasteiger charge is -2.16. The van der Waals surface area contributed by atoms with Crippen LogP contribution in [0.4, 0.5) is 5.95 Å². The van der Waals surface area contributed by atoms with Gasteiger partial charge in [0.15, 0.2) is 0 Å². The van der Waals surface area contributed by atoms with Crippen LogP contribution in [-0.4, -0.2) is 29.6 Å². The molecule has 94 valence electrons. The Balaban J connectivity index is 1.87. The third-order valence-electron chi connectivity index (χ3n) is 2.98. The summed E-state index contributed by atoms with van der Waals surface area (Å²) < 4.78 is 0. The molecule has 1 fully saturated rings. The Labute approximate surface area is 103 Å². The number of hydrogen-bond donors (Lipinski definition) is 1. The van der Waals surface area contributed by atoms with Gasteiger partial charge in [-0.1, -0.05) is 13.8 Å². The quantitative estimate of drug-likeness (QED) is 0.815. The van der Waals surface area contributed by atoms with Crippen LogP contribution in [0.2, 0.25) is 0 Å². The average Bonchev–Trinajstić information content (AvgIpc) is 3.11. The average molecular weight is 234 g/mol. The number of rotatable bonds is 6. The van der Waals surface area contributed by atoms with Crippen LogP contribution in [0.3, 0.4) is 0 Å². The van der Waals surface area contributed by atoms with E-state index in [1.165, 1.54) is 12.8 Å². The Morgan fingerprint density at radius 2 is 2.00 bits per heavy atom. The molecule has 17 heavy (non-hydrogen) atoms. The summed E-state index contributed by atoms with van der Waals surface area (Å²) in [5, 5.41) is 3.36. The number of aromatic nitrogens is 2. The van der Waals surface area contributed by atoms with E-state index in [9.17, 15) is 0 Å². The summed E-state index contributed by atoms with van der Waals surface area (Å²) in [4.78, 5) is 11.0. The summed E-state index contributed by atoms with van der Waals surface area (Å²) >= 11 is 0. The maximum Gasteiger partial charge on any atom is 0.225 e. The second-order valence-corrected chi connectivity index (χ2v) is 5.25. The Morgan fingerprint density at radius 3 is 2.53 bits per heavy atom. The number of anilines is 1. The summed E-state index contributed by atoms with van der Waals surface area (Å²) in [6.07, 6.45) is 6.56. The normalized spacial score (nSPS) is 15.3. The van der Waals surface area contributed by atoms with Gasteiger partial charge in [-0.15, -0.1) is 0 Å². The minimum absolute atomic E-state index is 0.493. The van der Waals surface area contributed by atoms with Crippen molar-refractivity contribution in [3.8, 4) is 0 Å². The van der Waals surface area contributed by atoms with Crippen LogP contribution in [0.5, 0.6) is 0 Å². The van der Waals surface area contributed by atoms with Gasteiger partial charge in [0, 0.05) is 44.1 Å². The van der Waals surface area contributed by atoms with Crippen molar-refractivity contribution in [2.75, 3.05) is 18.5 Å². The highest BCUT2D eigenvalue weighted by Crippen LogP contribution is 2.29. The third-order valence-corrected chi connectivity index (χ3v) is 2.98. The Hall–Kier alpha value is -1.16.